The fourth-order valence-electron chi connectivity index (χ4n) is 2.96. The second-order valence-electron chi connectivity index (χ2n) is 6.18. The largest absolute Gasteiger partial charge is 0.265 e. The Bertz CT molecular complexity index is 486. The molecule has 0 unspecified atom stereocenters. The van der Waals surface area contributed by atoms with Gasteiger partial charge in [0.15, 0.2) is 0 Å². The van der Waals surface area contributed by atoms with Crippen LogP contribution < -0.4 is 5.01 Å². The van der Waals surface area contributed by atoms with Crippen molar-refractivity contribution in [2.75, 3.05) is 11.6 Å². The summed E-state index contributed by atoms with van der Waals surface area (Å²) in [6.45, 7) is 7.85. The maximum Gasteiger partial charge on any atom is 0.0596 e. The fourth-order valence-corrected chi connectivity index (χ4v) is 2.96. The predicted octanol–water partition coefficient (Wildman–Crippen LogP) is 3.40. The summed E-state index contributed by atoms with van der Waals surface area (Å²) < 4.78 is 0. The zero-order valence-electron chi connectivity index (χ0n) is 11.0. The zero-order valence-corrected chi connectivity index (χ0v) is 11.0. The van der Waals surface area contributed by atoms with Crippen LogP contribution in [-0.4, -0.2) is 12.3 Å². The molecule has 2 aliphatic rings. The van der Waals surface area contributed by atoms with Crippen molar-refractivity contribution in [2.24, 2.45) is 10.5 Å². The van der Waals surface area contributed by atoms with E-state index >= 15 is 0 Å². The lowest BCUT2D eigenvalue weighted by Gasteiger charge is -2.15. The van der Waals surface area contributed by atoms with Crippen molar-refractivity contribution in [3.8, 4) is 0 Å². The van der Waals surface area contributed by atoms with E-state index in [4.69, 9.17) is 0 Å². The van der Waals surface area contributed by atoms with Gasteiger partial charge in [0.25, 0.3) is 0 Å². The minimum absolute atomic E-state index is 0.436. The van der Waals surface area contributed by atoms with Crippen LogP contribution >= 0.6 is 0 Å². The van der Waals surface area contributed by atoms with Crippen molar-refractivity contribution in [2.45, 2.75) is 40.0 Å². The van der Waals surface area contributed by atoms with Crippen LogP contribution in [-0.2, 0) is 12.8 Å². The maximum absolute atomic E-state index is 4.57. The van der Waals surface area contributed by atoms with Gasteiger partial charge in [-0.05, 0) is 48.4 Å². The van der Waals surface area contributed by atoms with Gasteiger partial charge in [-0.2, -0.15) is 5.10 Å². The third kappa shape index (κ3) is 1.97. The number of benzene rings is 1. The van der Waals surface area contributed by atoms with Gasteiger partial charge in [-0.25, -0.2) is 0 Å². The summed E-state index contributed by atoms with van der Waals surface area (Å²) in [7, 11) is 0. The Kier molecular flexibility index (Phi) is 2.29. The lowest BCUT2D eigenvalue weighted by atomic mass is 9.90. The summed E-state index contributed by atoms with van der Waals surface area (Å²) in [5, 5.41) is 6.71. The monoisotopic (exact) mass is 228 g/mol. The quantitative estimate of drug-likeness (QED) is 0.719. The van der Waals surface area contributed by atoms with Gasteiger partial charge in [0.2, 0.25) is 0 Å². The number of hydrogen-bond donors (Lipinski definition) is 0. The van der Waals surface area contributed by atoms with E-state index in [9.17, 15) is 0 Å². The number of rotatable bonds is 1. The number of hydrogen-bond acceptors (Lipinski definition) is 2. The molecule has 0 aromatic heterocycles. The summed E-state index contributed by atoms with van der Waals surface area (Å²) in [4.78, 5) is 0. The van der Waals surface area contributed by atoms with Crippen LogP contribution in [0.3, 0.4) is 0 Å². The van der Waals surface area contributed by atoms with Crippen molar-refractivity contribution in [3.05, 3.63) is 29.3 Å². The molecule has 1 aromatic carbocycles. The van der Waals surface area contributed by atoms with Crippen molar-refractivity contribution >= 4 is 11.4 Å². The van der Waals surface area contributed by atoms with Gasteiger partial charge in [0.1, 0.15) is 0 Å². The average molecular weight is 228 g/mol. The summed E-state index contributed by atoms with van der Waals surface area (Å²) in [6, 6.07) is 6.86. The van der Waals surface area contributed by atoms with Gasteiger partial charge in [-0.1, -0.05) is 19.9 Å². The molecular formula is C15H20N2. The van der Waals surface area contributed by atoms with Crippen LogP contribution in [0.2, 0.25) is 0 Å². The lowest BCUT2D eigenvalue weighted by molar-refractivity contribution is 0.392. The van der Waals surface area contributed by atoms with Crippen molar-refractivity contribution in [3.63, 3.8) is 0 Å². The van der Waals surface area contributed by atoms with Gasteiger partial charge in [0, 0.05) is 18.7 Å². The van der Waals surface area contributed by atoms with Gasteiger partial charge < -0.3 is 0 Å². The highest BCUT2D eigenvalue weighted by atomic mass is 15.5. The maximum atomic E-state index is 4.57. The molecule has 0 atom stereocenters. The predicted molar refractivity (Wildman–Crippen MR) is 72.7 cm³/mol. The molecule has 0 radical (unpaired) electrons. The second kappa shape index (κ2) is 3.59. The Morgan fingerprint density at radius 2 is 1.94 bits per heavy atom. The SMILES string of the molecule is CC1=NN(c2ccc3c(c2)CC(C)(C)C3)CC1. The van der Waals surface area contributed by atoms with E-state index in [1.807, 2.05) is 0 Å². The molecule has 1 heterocycles. The van der Waals surface area contributed by atoms with Crippen molar-refractivity contribution in [1.82, 2.24) is 0 Å². The molecule has 1 aliphatic carbocycles. The molecule has 0 saturated carbocycles. The first-order chi connectivity index (χ1) is 8.03. The Labute approximate surface area is 103 Å². The first kappa shape index (κ1) is 10.8. The zero-order chi connectivity index (χ0) is 12.0. The molecule has 2 heteroatoms. The molecule has 0 saturated heterocycles. The Hall–Kier alpha value is -1.31. The number of hydrazone groups is 1. The van der Waals surface area contributed by atoms with Crippen LogP contribution in [0.1, 0.15) is 38.3 Å². The summed E-state index contributed by atoms with van der Waals surface area (Å²) in [6.07, 6.45) is 3.51. The molecule has 0 spiro atoms. The first-order valence-electron chi connectivity index (χ1n) is 6.47. The van der Waals surface area contributed by atoms with Gasteiger partial charge in [-0.15, -0.1) is 0 Å². The third-order valence-corrected chi connectivity index (χ3v) is 3.80. The van der Waals surface area contributed by atoms with E-state index in [1.54, 1.807) is 0 Å². The summed E-state index contributed by atoms with van der Waals surface area (Å²) in [5.41, 5.74) is 5.99. The molecule has 0 fully saturated rings. The van der Waals surface area contributed by atoms with Gasteiger partial charge in [0.05, 0.1) is 5.69 Å². The van der Waals surface area contributed by atoms with Crippen LogP contribution in [0, 0.1) is 5.41 Å². The molecule has 2 nitrogen and oxygen atoms in total. The molecule has 3 rings (SSSR count). The van der Waals surface area contributed by atoms with Gasteiger partial charge >= 0.3 is 0 Å². The van der Waals surface area contributed by atoms with Crippen LogP contribution in [0.5, 0.6) is 0 Å². The Morgan fingerprint density at radius 1 is 1.18 bits per heavy atom. The first-order valence-corrected chi connectivity index (χ1v) is 6.47. The van der Waals surface area contributed by atoms with Crippen LogP contribution in [0.15, 0.2) is 23.3 Å². The minimum Gasteiger partial charge on any atom is -0.265 e. The highest BCUT2D eigenvalue weighted by Gasteiger charge is 2.28. The molecule has 90 valence electrons. The van der Waals surface area contributed by atoms with E-state index in [1.165, 1.54) is 35.4 Å². The highest BCUT2D eigenvalue weighted by Crippen LogP contribution is 2.38. The van der Waals surface area contributed by atoms with E-state index in [-0.39, 0.29) is 0 Å². The fraction of sp³-hybridized carbons (Fsp3) is 0.533. The number of anilines is 1. The minimum atomic E-state index is 0.436. The molecule has 0 amide bonds. The summed E-state index contributed by atoms with van der Waals surface area (Å²) >= 11 is 0. The lowest BCUT2D eigenvalue weighted by Crippen LogP contribution is -2.12. The Balaban J connectivity index is 1.91. The standard InChI is InChI=1S/C15H20N2/c1-11-6-7-17(16-11)14-5-4-12-9-15(2,3)10-13(12)8-14/h4-5,8H,6-7,9-10H2,1-3H3. The highest BCUT2D eigenvalue weighted by molar-refractivity contribution is 5.85. The summed E-state index contributed by atoms with van der Waals surface area (Å²) in [5.74, 6) is 0. The van der Waals surface area contributed by atoms with Crippen LogP contribution in [0.4, 0.5) is 5.69 Å². The van der Waals surface area contributed by atoms with Gasteiger partial charge in [-0.3, -0.25) is 5.01 Å². The van der Waals surface area contributed by atoms with E-state index < -0.39 is 0 Å². The second-order valence-corrected chi connectivity index (χ2v) is 6.18. The van der Waals surface area contributed by atoms with Crippen molar-refractivity contribution < 1.29 is 0 Å². The molecule has 0 N–H and O–H groups in total. The van der Waals surface area contributed by atoms with E-state index in [0.29, 0.717) is 5.41 Å². The normalized spacial score (nSPS) is 21.6. The van der Waals surface area contributed by atoms with Crippen LogP contribution in [0.25, 0.3) is 0 Å². The third-order valence-electron chi connectivity index (χ3n) is 3.80. The average Bonchev–Trinajstić information content (AvgIpc) is 2.78. The topological polar surface area (TPSA) is 15.6 Å². The molecule has 1 aromatic rings. The van der Waals surface area contributed by atoms with E-state index in [0.717, 1.165) is 13.0 Å². The number of fused-ring (bicyclic) bond motifs is 1. The molecule has 1 aliphatic heterocycles. The molecule has 0 bridgehead atoms. The molecular weight excluding hydrogens is 208 g/mol. The molecule has 17 heavy (non-hydrogen) atoms. The van der Waals surface area contributed by atoms with E-state index in [2.05, 4.69) is 49.1 Å². The van der Waals surface area contributed by atoms with Crippen molar-refractivity contribution in [1.29, 1.82) is 0 Å². The smallest absolute Gasteiger partial charge is 0.0596 e. The number of nitrogens with zero attached hydrogens (tertiary/aromatic N) is 2. The Morgan fingerprint density at radius 3 is 2.65 bits per heavy atom.